The molecule has 2 rings (SSSR count). The molecule has 0 radical (unpaired) electrons. The predicted molar refractivity (Wildman–Crippen MR) is 89.0 cm³/mol. The summed E-state index contributed by atoms with van der Waals surface area (Å²) in [6.45, 7) is 2.93. The summed E-state index contributed by atoms with van der Waals surface area (Å²) < 4.78 is 0.997. The molecule has 0 aliphatic heterocycles. The van der Waals surface area contributed by atoms with E-state index in [1.165, 1.54) is 0 Å². The zero-order chi connectivity index (χ0) is 13.8. The molecule has 0 aliphatic rings. The van der Waals surface area contributed by atoms with Gasteiger partial charge in [-0.05, 0) is 18.2 Å². The molecule has 3 nitrogen and oxygen atoms in total. The lowest BCUT2D eigenvalue weighted by atomic mass is 10.1. The summed E-state index contributed by atoms with van der Waals surface area (Å²) in [6, 6.07) is 5.84. The number of nitrogens with zero attached hydrogens (tertiary/aromatic N) is 1. The maximum atomic E-state index is 5.73. The molecule has 3 N–H and O–H groups in total. The normalized spacial score (nSPS) is 12.1. The van der Waals surface area contributed by atoms with E-state index in [1.807, 2.05) is 29.8 Å². The van der Waals surface area contributed by atoms with E-state index in [2.05, 4.69) is 33.2 Å². The van der Waals surface area contributed by atoms with Gasteiger partial charge in [0.1, 0.15) is 4.99 Å². The highest BCUT2D eigenvalue weighted by Crippen LogP contribution is 2.24. The average Bonchev–Trinajstić information content (AvgIpc) is 2.89. The van der Waals surface area contributed by atoms with Crippen LogP contribution in [0.2, 0.25) is 0 Å². The van der Waals surface area contributed by atoms with Gasteiger partial charge in [0.15, 0.2) is 0 Å². The number of anilines is 1. The number of thiocarbonyl (C=S) groups is 1. The van der Waals surface area contributed by atoms with Gasteiger partial charge in [-0.15, -0.1) is 11.3 Å². The van der Waals surface area contributed by atoms with Gasteiger partial charge in [0.25, 0.3) is 0 Å². The molecular weight excluding hydrogens is 342 g/mol. The van der Waals surface area contributed by atoms with Crippen molar-refractivity contribution in [3.8, 4) is 0 Å². The third-order valence-electron chi connectivity index (χ3n) is 2.72. The van der Waals surface area contributed by atoms with E-state index in [1.54, 1.807) is 11.3 Å². The molecule has 0 fully saturated rings. The van der Waals surface area contributed by atoms with Gasteiger partial charge in [-0.3, -0.25) is 0 Å². The number of hydrogen-bond donors (Lipinski definition) is 2. The molecule has 1 aromatic carbocycles. The van der Waals surface area contributed by atoms with Gasteiger partial charge in [0, 0.05) is 39.8 Å². The molecule has 0 amide bonds. The Morgan fingerprint density at radius 2 is 2.37 bits per heavy atom. The van der Waals surface area contributed by atoms with Gasteiger partial charge in [0.2, 0.25) is 0 Å². The maximum Gasteiger partial charge on any atom is 0.106 e. The van der Waals surface area contributed by atoms with Crippen molar-refractivity contribution in [3.63, 3.8) is 0 Å². The molecular formula is C13H14BrN3S2. The topological polar surface area (TPSA) is 50.9 Å². The van der Waals surface area contributed by atoms with E-state index in [4.69, 9.17) is 18.0 Å². The Bertz CT molecular complexity index is 569. The van der Waals surface area contributed by atoms with Gasteiger partial charge in [-0.25, -0.2) is 4.98 Å². The first-order valence-corrected chi connectivity index (χ1v) is 7.88. The molecule has 1 aromatic heterocycles. The van der Waals surface area contributed by atoms with E-state index in [-0.39, 0.29) is 0 Å². The summed E-state index contributed by atoms with van der Waals surface area (Å²) in [6.07, 6.45) is 1.83. The van der Waals surface area contributed by atoms with E-state index in [0.717, 1.165) is 27.3 Å². The fraction of sp³-hybridized carbons (Fsp3) is 0.231. The number of hydrogen-bond acceptors (Lipinski definition) is 4. The largest absolute Gasteiger partial charge is 0.389 e. The Labute approximate surface area is 130 Å². The van der Waals surface area contributed by atoms with Crippen LogP contribution in [0.15, 0.2) is 34.2 Å². The van der Waals surface area contributed by atoms with Crippen molar-refractivity contribution >= 4 is 50.2 Å². The highest BCUT2D eigenvalue weighted by molar-refractivity contribution is 9.10. The summed E-state index contributed by atoms with van der Waals surface area (Å²) in [4.78, 5) is 4.72. The maximum absolute atomic E-state index is 5.73. The minimum absolute atomic E-state index is 0.346. The molecule has 2 aromatic rings. The second-order valence-corrected chi connectivity index (χ2v) is 6.49. The van der Waals surface area contributed by atoms with Crippen LogP contribution in [-0.4, -0.2) is 16.5 Å². The van der Waals surface area contributed by atoms with Gasteiger partial charge in [-0.2, -0.15) is 0 Å². The number of rotatable bonds is 5. The van der Waals surface area contributed by atoms with Crippen LogP contribution < -0.4 is 11.1 Å². The van der Waals surface area contributed by atoms with Crippen LogP contribution in [0.25, 0.3) is 0 Å². The number of halogens is 1. The standard InChI is InChI=1S/C13H14BrN3S2/c1-8(13-16-4-5-19-13)7-17-11-6-9(14)2-3-10(11)12(15)18/h2-6,8,17H,7H2,1H3,(H2,15,18). The van der Waals surface area contributed by atoms with Crippen molar-refractivity contribution < 1.29 is 0 Å². The third kappa shape index (κ3) is 3.75. The van der Waals surface area contributed by atoms with Crippen LogP contribution in [-0.2, 0) is 0 Å². The molecule has 0 saturated heterocycles. The van der Waals surface area contributed by atoms with Crippen LogP contribution in [0.4, 0.5) is 5.69 Å². The first kappa shape index (κ1) is 14.4. The molecule has 19 heavy (non-hydrogen) atoms. The second-order valence-electron chi connectivity index (χ2n) is 4.21. The Morgan fingerprint density at radius 3 is 3.00 bits per heavy atom. The van der Waals surface area contributed by atoms with Gasteiger partial charge < -0.3 is 11.1 Å². The molecule has 0 bridgehead atoms. The van der Waals surface area contributed by atoms with Crippen molar-refractivity contribution in [2.45, 2.75) is 12.8 Å². The molecule has 6 heteroatoms. The van der Waals surface area contributed by atoms with Crippen LogP contribution in [0.5, 0.6) is 0 Å². The van der Waals surface area contributed by atoms with Gasteiger partial charge in [-0.1, -0.05) is 35.1 Å². The molecule has 1 unspecified atom stereocenters. The summed E-state index contributed by atoms with van der Waals surface area (Å²) in [5.74, 6) is 0.346. The third-order valence-corrected chi connectivity index (χ3v) is 4.44. The highest BCUT2D eigenvalue weighted by atomic mass is 79.9. The number of aromatic nitrogens is 1. The number of thiazole rings is 1. The van der Waals surface area contributed by atoms with Crippen LogP contribution in [0.1, 0.15) is 23.4 Å². The van der Waals surface area contributed by atoms with Crippen molar-refractivity contribution in [1.29, 1.82) is 0 Å². The minimum atomic E-state index is 0.346. The molecule has 100 valence electrons. The Hall–Kier alpha value is -0.980. The fourth-order valence-corrected chi connectivity index (χ4v) is 2.94. The Kier molecular flexibility index (Phi) is 4.90. The Balaban J connectivity index is 2.10. The lowest BCUT2D eigenvalue weighted by molar-refractivity contribution is 0.795. The summed E-state index contributed by atoms with van der Waals surface area (Å²) >= 11 is 10.2. The Morgan fingerprint density at radius 1 is 1.58 bits per heavy atom. The van der Waals surface area contributed by atoms with E-state index in [0.29, 0.717) is 10.9 Å². The monoisotopic (exact) mass is 355 g/mol. The van der Waals surface area contributed by atoms with Crippen LogP contribution >= 0.6 is 39.5 Å². The quantitative estimate of drug-likeness (QED) is 0.801. The predicted octanol–water partition coefficient (Wildman–Crippen LogP) is 3.76. The highest BCUT2D eigenvalue weighted by Gasteiger charge is 2.10. The fourth-order valence-electron chi connectivity index (χ4n) is 1.71. The SMILES string of the molecule is CC(CNc1cc(Br)ccc1C(N)=S)c1nccs1. The summed E-state index contributed by atoms with van der Waals surface area (Å²) in [7, 11) is 0. The molecule has 1 heterocycles. The van der Waals surface area contributed by atoms with Gasteiger partial charge in [0.05, 0.1) is 5.01 Å². The van der Waals surface area contributed by atoms with Crippen molar-refractivity contribution in [3.05, 3.63) is 44.8 Å². The van der Waals surface area contributed by atoms with Crippen LogP contribution in [0, 0.1) is 0 Å². The number of nitrogens with one attached hydrogen (secondary N) is 1. The van der Waals surface area contributed by atoms with E-state index >= 15 is 0 Å². The van der Waals surface area contributed by atoms with E-state index in [9.17, 15) is 0 Å². The van der Waals surface area contributed by atoms with Crippen molar-refractivity contribution in [2.75, 3.05) is 11.9 Å². The molecule has 0 saturated carbocycles. The molecule has 1 atom stereocenters. The second kappa shape index (κ2) is 6.45. The average molecular weight is 356 g/mol. The molecule has 0 aliphatic carbocycles. The summed E-state index contributed by atoms with van der Waals surface area (Å²) in [5, 5.41) is 6.51. The van der Waals surface area contributed by atoms with Gasteiger partial charge >= 0.3 is 0 Å². The molecule has 0 spiro atoms. The zero-order valence-electron chi connectivity index (χ0n) is 10.4. The summed E-state index contributed by atoms with van der Waals surface area (Å²) in [5.41, 5.74) is 7.55. The van der Waals surface area contributed by atoms with Crippen molar-refractivity contribution in [1.82, 2.24) is 4.98 Å². The van der Waals surface area contributed by atoms with E-state index < -0.39 is 0 Å². The first-order valence-electron chi connectivity index (χ1n) is 5.80. The lowest BCUT2D eigenvalue weighted by Gasteiger charge is -2.14. The lowest BCUT2D eigenvalue weighted by Crippen LogP contribution is -2.16. The first-order chi connectivity index (χ1) is 9.08. The minimum Gasteiger partial charge on any atom is -0.389 e. The number of nitrogens with two attached hydrogens (primary N) is 1. The smallest absolute Gasteiger partial charge is 0.106 e. The van der Waals surface area contributed by atoms with Crippen molar-refractivity contribution in [2.24, 2.45) is 5.73 Å². The zero-order valence-corrected chi connectivity index (χ0v) is 13.6. The number of benzene rings is 1. The van der Waals surface area contributed by atoms with Crippen LogP contribution in [0.3, 0.4) is 0 Å².